The zero-order valence-electron chi connectivity index (χ0n) is 12.8. The van der Waals surface area contributed by atoms with Gasteiger partial charge in [-0.3, -0.25) is 0 Å². The highest BCUT2D eigenvalue weighted by Gasteiger charge is 2.20. The first-order valence-corrected chi connectivity index (χ1v) is 8.63. The Bertz CT molecular complexity index is 556. The van der Waals surface area contributed by atoms with E-state index in [1.807, 2.05) is 19.2 Å². The maximum absolute atomic E-state index is 5.21. The highest BCUT2D eigenvalue weighted by molar-refractivity contribution is 8.01. The van der Waals surface area contributed by atoms with E-state index in [2.05, 4.69) is 40.7 Å². The molecule has 0 bridgehead atoms. The summed E-state index contributed by atoms with van der Waals surface area (Å²) >= 11 is 3.25. The number of nitrogens with one attached hydrogen (secondary N) is 1. The van der Waals surface area contributed by atoms with Crippen molar-refractivity contribution >= 4 is 23.3 Å². The summed E-state index contributed by atoms with van der Waals surface area (Å²) in [7, 11) is 3.67. The number of aromatic nitrogens is 2. The molecule has 1 aromatic carbocycles. The third-order valence-corrected chi connectivity index (χ3v) is 5.31. The van der Waals surface area contributed by atoms with Gasteiger partial charge >= 0.3 is 0 Å². The minimum Gasteiger partial charge on any atom is -0.497 e. The molecule has 21 heavy (non-hydrogen) atoms. The van der Waals surface area contributed by atoms with Gasteiger partial charge in [0.2, 0.25) is 0 Å². The Labute approximate surface area is 134 Å². The molecule has 0 aliphatic rings. The largest absolute Gasteiger partial charge is 0.497 e. The molecule has 114 valence electrons. The predicted molar refractivity (Wildman–Crippen MR) is 89.4 cm³/mol. The van der Waals surface area contributed by atoms with Crippen LogP contribution < -0.4 is 10.1 Å². The molecule has 0 spiro atoms. The molecule has 0 amide bonds. The quantitative estimate of drug-likeness (QED) is 0.790. The Hall–Kier alpha value is -1.11. The van der Waals surface area contributed by atoms with Gasteiger partial charge in [0.25, 0.3) is 0 Å². The summed E-state index contributed by atoms with van der Waals surface area (Å²) in [6, 6.07) is 8.47. The summed E-state index contributed by atoms with van der Waals surface area (Å²) in [5.74, 6) is 1.81. The van der Waals surface area contributed by atoms with Crippen LogP contribution in [0.4, 0.5) is 0 Å². The van der Waals surface area contributed by atoms with Crippen molar-refractivity contribution in [3.63, 3.8) is 0 Å². The van der Waals surface area contributed by atoms with Gasteiger partial charge in [-0.2, -0.15) is 4.37 Å². The number of aryl methyl sites for hydroxylation is 1. The normalized spacial score (nSPS) is 13.9. The van der Waals surface area contributed by atoms with Gasteiger partial charge in [0.1, 0.15) is 11.6 Å². The molecule has 0 radical (unpaired) electrons. The zero-order chi connectivity index (χ0) is 15.2. The summed E-state index contributed by atoms with van der Waals surface area (Å²) in [5, 5.41) is 3.75. The number of benzene rings is 1. The summed E-state index contributed by atoms with van der Waals surface area (Å²) in [6.07, 6.45) is 0.888. The average molecular weight is 323 g/mol. The van der Waals surface area contributed by atoms with Gasteiger partial charge in [-0.15, -0.1) is 0 Å². The van der Waals surface area contributed by atoms with Crippen molar-refractivity contribution in [2.45, 2.75) is 35.9 Å². The fraction of sp³-hybridized carbons (Fsp3) is 0.467. The van der Waals surface area contributed by atoms with E-state index in [0.29, 0.717) is 5.25 Å². The van der Waals surface area contributed by atoms with Gasteiger partial charge in [0, 0.05) is 17.7 Å². The van der Waals surface area contributed by atoms with Crippen LogP contribution in [0.2, 0.25) is 0 Å². The summed E-state index contributed by atoms with van der Waals surface area (Å²) in [6.45, 7) is 4.29. The zero-order valence-corrected chi connectivity index (χ0v) is 14.4. The standard InChI is InChI=1S/C15H21N3OS2/c1-5-13-17-15(21-18-13)20-10(2)14(16-3)11-6-8-12(19-4)9-7-11/h6-10,14,16H,5H2,1-4H3. The minimum absolute atomic E-state index is 0.259. The monoisotopic (exact) mass is 323 g/mol. The highest BCUT2D eigenvalue weighted by atomic mass is 32.2. The fourth-order valence-electron chi connectivity index (χ4n) is 2.14. The molecular weight excluding hydrogens is 302 g/mol. The summed E-state index contributed by atoms with van der Waals surface area (Å²) < 4.78 is 10.6. The Morgan fingerprint density at radius 3 is 2.57 bits per heavy atom. The molecule has 1 N–H and O–H groups in total. The van der Waals surface area contributed by atoms with Gasteiger partial charge in [-0.1, -0.05) is 37.7 Å². The SMILES string of the molecule is CCc1nsc(SC(C)C(NC)c2ccc(OC)cc2)n1. The second-order valence-electron chi connectivity index (χ2n) is 4.69. The second kappa shape index (κ2) is 7.77. The van der Waals surface area contributed by atoms with E-state index in [-0.39, 0.29) is 6.04 Å². The molecule has 0 saturated carbocycles. The molecule has 2 unspecified atom stereocenters. The van der Waals surface area contributed by atoms with Crippen LogP contribution in [0.25, 0.3) is 0 Å². The number of nitrogens with zero attached hydrogens (tertiary/aromatic N) is 2. The van der Waals surface area contributed by atoms with Crippen LogP contribution in [0.15, 0.2) is 28.6 Å². The number of hydrogen-bond donors (Lipinski definition) is 1. The molecule has 0 aliphatic carbocycles. The van der Waals surface area contributed by atoms with Crippen molar-refractivity contribution in [1.82, 2.24) is 14.7 Å². The molecule has 2 aromatic rings. The first kappa shape index (κ1) is 16.3. The topological polar surface area (TPSA) is 47.0 Å². The maximum Gasteiger partial charge on any atom is 0.170 e. The van der Waals surface area contributed by atoms with Gasteiger partial charge < -0.3 is 10.1 Å². The van der Waals surface area contributed by atoms with E-state index >= 15 is 0 Å². The molecule has 6 heteroatoms. The number of hydrogen-bond acceptors (Lipinski definition) is 6. The lowest BCUT2D eigenvalue weighted by atomic mass is 10.0. The molecule has 1 heterocycles. The number of ether oxygens (including phenoxy) is 1. The highest BCUT2D eigenvalue weighted by Crippen LogP contribution is 2.33. The molecule has 0 fully saturated rings. The van der Waals surface area contributed by atoms with Gasteiger partial charge in [-0.05, 0) is 36.3 Å². The molecule has 0 saturated heterocycles. The lowest BCUT2D eigenvalue weighted by molar-refractivity contribution is 0.414. The minimum atomic E-state index is 0.259. The van der Waals surface area contributed by atoms with Crippen molar-refractivity contribution in [1.29, 1.82) is 0 Å². The van der Waals surface area contributed by atoms with Gasteiger partial charge in [-0.25, -0.2) is 4.98 Å². The third kappa shape index (κ3) is 4.18. The van der Waals surface area contributed by atoms with Crippen LogP contribution in [0.1, 0.15) is 31.3 Å². The lowest BCUT2D eigenvalue weighted by Gasteiger charge is -2.22. The van der Waals surface area contributed by atoms with Crippen LogP contribution in [0.5, 0.6) is 5.75 Å². The van der Waals surface area contributed by atoms with Crippen molar-refractivity contribution < 1.29 is 4.74 Å². The lowest BCUT2D eigenvalue weighted by Crippen LogP contribution is -2.25. The van der Waals surface area contributed by atoms with Crippen molar-refractivity contribution in [3.05, 3.63) is 35.7 Å². The van der Waals surface area contributed by atoms with Crippen molar-refractivity contribution in [2.75, 3.05) is 14.2 Å². The van der Waals surface area contributed by atoms with E-state index in [4.69, 9.17) is 4.74 Å². The molecule has 4 nitrogen and oxygen atoms in total. The van der Waals surface area contributed by atoms with Crippen molar-refractivity contribution in [2.24, 2.45) is 0 Å². The van der Waals surface area contributed by atoms with E-state index in [1.165, 1.54) is 17.1 Å². The van der Waals surface area contributed by atoms with Crippen LogP contribution in [0.3, 0.4) is 0 Å². The maximum atomic E-state index is 5.21. The van der Waals surface area contributed by atoms with Crippen LogP contribution in [-0.2, 0) is 6.42 Å². The van der Waals surface area contributed by atoms with Crippen molar-refractivity contribution in [3.8, 4) is 5.75 Å². The molecule has 0 aliphatic heterocycles. The van der Waals surface area contributed by atoms with Gasteiger partial charge in [0.05, 0.1) is 7.11 Å². The van der Waals surface area contributed by atoms with Crippen LogP contribution in [0, 0.1) is 0 Å². The molecule has 2 atom stereocenters. The second-order valence-corrected chi connectivity index (χ2v) is 7.07. The van der Waals surface area contributed by atoms with Gasteiger partial charge in [0.15, 0.2) is 4.34 Å². The molecule has 1 aromatic heterocycles. The Kier molecular flexibility index (Phi) is 6.02. The predicted octanol–water partition coefficient (Wildman–Crippen LogP) is 3.55. The van der Waals surface area contributed by atoms with E-state index < -0.39 is 0 Å². The van der Waals surface area contributed by atoms with Crippen LogP contribution in [-0.4, -0.2) is 28.8 Å². The fourth-order valence-corrected chi connectivity index (χ4v) is 4.28. The number of methoxy groups -OCH3 is 1. The first-order chi connectivity index (χ1) is 10.2. The molecule has 2 rings (SSSR count). The van der Waals surface area contributed by atoms with Crippen LogP contribution >= 0.6 is 23.3 Å². The van der Waals surface area contributed by atoms with E-state index in [9.17, 15) is 0 Å². The Balaban J connectivity index is 2.07. The smallest absolute Gasteiger partial charge is 0.170 e. The third-order valence-electron chi connectivity index (χ3n) is 3.31. The van der Waals surface area contributed by atoms with E-state index in [0.717, 1.165) is 22.3 Å². The summed E-state index contributed by atoms with van der Waals surface area (Å²) in [4.78, 5) is 4.53. The summed E-state index contributed by atoms with van der Waals surface area (Å²) in [5.41, 5.74) is 1.25. The Morgan fingerprint density at radius 2 is 2.05 bits per heavy atom. The average Bonchev–Trinajstić information content (AvgIpc) is 2.96. The number of rotatable bonds is 7. The molecular formula is C15H21N3OS2. The number of thioether (sulfide) groups is 1. The first-order valence-electron chi connectivity index (χ1n) is 6.98. The van der Waals surface area contributed by atoms with E-state index in [1.54, 1.807) is 18.9 Å². The Morgan fingerprint density at radius 1 is 1.33 bits per heavy atom.